The first-order chi connectivity index (χ1) is 13.6. The Morgan fingerprint density at radius 3 is 2.46 bits per heavy atom. The van der Waals surface area contributed by atoms with Gasteiger partial charge in [-0.05, 0) is 62.1 Å². The number of pyridine rings is 1. The van der Waals surface area contributed by atoms with Crippen LogP contribution >= 0.6 is 11.6 Å². The van der Waals surface area contributed by atoms with Gasteiger partial charge in [0.2, 0.25) is 11.8 Å². The molecule has 4 rings (SSSR count). The third-order valence-corrected chi connectivity index (χ3v) is 5.61. The van der Waals surface area contributed by atoms with E-state index in [0.29, 0.717) is 23.7 Å². The average molecular weight is 399 g/mol. The first-order valence-electron chi connectivity index (χ1n) is 9.70. The third-order valence-electron chi connectivity index (χ3n) is 5.36. The molecule has 2 aliphatic heterocycles. The summed E-state index contributed by atoms with van der Waals surface area (Å²) in [4.78, 5) is 33.7. The van der Waals surface area contributed by atoms with Crippen molar-refractivity contribution >= 4 is 40.6 Å². The molecule has 7 heteroatoms. The fourth-order valence-corrected chi connectivity index (χ4v) is 3.93. The molecular formula is C21H23ClN4O2. The van der Waals surface area contributed by atoms with Crippen LogP contribution in [0.15, 0.2) is 42.6 Å². The van der Waals surface area contributed by atoms with E-state index >= 15 is 0 Å². The molecule has 28 heavy (non-hydrogen) atoms. The van der Waals surface area contributed by atoms with Crippen LogP contribution in [-0.2, 0) is 9.59 Å². The van der Waals surface area contributed by atoms with Gasteiger partial charge in [-0.25, -0.2) is 4.98 Å². The van der Waals surface area contributed by atoms with Crippen LogP contribution in [0.25, 0.3) is 0 Å². The minimum Gasteiger partial charge on any atom is -0.357 e. The highest BCUT2D eigenvalue weighted by Crippen LogP contribution is 2.27. The summed E-state index contributed by atoms with van der Waals surface area (Å²) in [5.74, 6) is -0.215. The first kappa shape index (κ1) is 18.7. The average Bonchev–Trinajstić information content (AvgIpc) is 3.11. The number of halogens is 1. The van der Waals surface area contributed by atoms with Crippen LogP contribution in [0, 0.1) is 5.92 Å². The number of hydrogen-bond acceptors (Lipinski definition) is 4. The Labute approximate surface area is 169 Å². The summed E-state index contributed by atoms with van der Waals surface area (Å²) < 4.78 is 0. The molecule has 2 aliphatic rings. The van der Waals surface area contributed by atoms with Crippen molar-refractivity contribution in [2.45, 2.75) is 25.7 Å². The van der Waals surface area contributed by atoms with Crippen LogP contribution in [0.5, 0.6) is 0 Å². The molecule has 3 heterocycles. The van der Waals surface area contributed by atoms with Gasteiger partial charge in [0, 0.05) is 30.3 Å². The van der Waals surface area contributed by atoms with Crippen LogP contribution in [0.4, 0.5) is 17.2 Å². The van der Waals surface area contributed by atoms with Gasteiger partial charge in [0.1, 0.15) is 11.7 Å². The van der Waals surface area contributed by atoms with Crippen LogP contribution in [0.3, 0.4) is 0 Å². The summed E-state index contributed by atoms with van der Waals surface area (Å²) in [6.45, 7) is 2.57. The van der Waals surface area contributed by atoms with E-state index in [0.717, 1.165) is 24.6 Å². The van der Waals surface area contributed by atoms with Crippen LogP contribution in [-0.4, -0.2) is 36.4 Å². The summed E-state index contributed by atoms with van der Waals surface area (Å²) in [7, 11) is 0. The molecule has 1 atom stereocenters. The fourth-order valence-electron chi connectivity index (χ4n) is 3.80. The Morgan fingerprint density at radius 2 is 1.79 bits per heavy atom. The number of nitrogens with zero attached hydrogens (tertiary/aromatic N) is 3. The summed E-state index contributed by atoms with van der Waals surface area (Å²) in [5, 5.41) is 3.45. The van der Waals surface area contributed by atoms with Gasteiger partial charge < -0.3 is 15.1 Å². The highest BCUT2D eigenvalue weighted by molar-refractivity contribution is 6.30. The topological polar surface area (TPSA) is 65.5 Å². The van der Waals surface area contributed by atoms with E-state index in [-0.39, 0.29) is 11.8 Å². The molecule has 1 unspecified atom stereocenters. The highest BCUT2D eigenvalue weighted by atomic mass is 35.5. The molecule has 0 spiro atoms. The van der Waals surface area contributed by atoms with E-state index in [1.807, 2.05) is 12.1 Å². The summed E-state index contributed by atoms with van der Waals surface area (Å²) in [6.07, 6.45) is 5.81. The van der Waals surface area contributed by atoms with Crippen molar-refractivity contribution in [2.75, 3.05) is 34.8 Å². The van der Waals surface area contributed by atoms with E-state index in [1.54, 1.807) is 35.4 Å². The number of carbonyl (C=O) groups excluding carboxylic acids is 2. The van der Waals surface area contributed by atoms with Crippen LogP contribution in [0.2, 0.25) is 5.02 Å². The smallest absolute Gasteiger partial charge is 0.239 e. The van der Waals surface area contributed by atoms with E-state index in [9.17, 15) is 9.59 Å². The maximum Gasteiger partial charge on any atom is 0.239 e. The molecule has 0 aliphatic carbocycles. The number of rotatable bonds is 4. The largest absolute Gasteiger partial charge is 0.357 e. The second-order valence-corrected chi connectivity index (χ2v) is 7.69. The minimum atomic E-state index is -0.683. The number of anilines is 3. The number of amides is 2. The molecule has 2 saturated heterocycles. The number of benzene rings is 1. The van der Waals surface area contributed by atoms with E-state index < -0.39 is 5.92 Å². The molecule has 1 aromatic heterocycles. The fraction of sp³-hybridized carbons (Fsp3) is 0.381. The second kappa shape index (κ2) is 8.19. The van der Waals surface area contributed by atoms with Crippen LogP contribution in [0.1, 0.15) is 25.7 Å². The Hall–Kier alpha value is -2.60. The van der Waals surface area contributed by atoms with Crippen LogP contribution < -0.4 is 15.1 Å². The molecule has 2 aromatic rings. The second-order valence-electron chi connectivity index (χ2n) is 7.25. The van der Waals surface area contributed by atoms with Crippen molar-refractivity contribution in [3.8, 4) is 0 Å². The Kier molecular flexibility index (Phi) is 5.48. The van der Waals surface area contributed by atoms with Gasteiger partial charge in [-0.15, -0.1) is 0 Å². The monoisotopic (exact) mass is 398 g/mol. The summed E-state index contributed by atoms with van der Waals surface area (Å²) in [6, 6.07) is 10.9. The molecule has 2 amide bonds. The maximum atomic E-state index is 12.7. The molecule has 146 valence electrons. The Balaban J connectivity index is 1.38. The van der Waals surface area contributed by atoms with Crippen molar-refractivity contribution < 1.29 is 9.59 Å². The Morgan fingerprint density at radius 1 is 1.04 bits per heavy atom. The lowest BCUT2D eigenvalue weighted by molar-refractivity contribution is -0.129. The zero-order valence-corrected chi connectivity index (χ0v) is 16.4. The molecule has 0 bridgehead atoms. The van der Waals surface area contributed by atoms with E-state index in [2.05, 4.69) is 15.2 Å². The molecule has 1 aromatic carbocycles. The maximum absolute atomic E-state index is 12.7. The zero-order chi connectivity index (χ0) is 19.5. The van der Waals surface area contributed by atoms with Gasteiger partial charge in [-0.2, -0.15) is 0 Å². The quantitative estimate of drug-likeness (QED) is 0.797. The molecule has 0 radical (unpaired) electrons. The summed E-state index contributed by atoms with van der Waals surface area (Å²) >= 11 is 5.91. The van der Waals surface area contributed by atoms with Gasteiger partial charge in [0.25, 0.3) is 0 Å². The number of carbonyl (C=O) groups is 2. The van der Waals surface area contributed by atoms with Crippen molar-refractivity contribution in [2.24, 2.45) is 5.92 Å². The predicted octanol–water partition coefficient (Wildman–Crippen LogP) is 3.72. The van der Waals surface area contributed by atoms with Gasteiger partial charge in [-0.3, -0.25) is 9.59 Å². The number of piperidine rings is 1. The molecule has 1 N–H and O–H groups in total. The normalized spacial score (nSPS) is 19.8. The lowest BCUT2D eigenvalue weighted by atomic mass is 10.1. The van der Waals surface area contributed by atoms with E-state index in [4.69, 9.17) is 11.6 Å². The van der Waals surface area contributed by atoms with E-state index in [1.165, 1.54) is 19.3 Å². The van der Waals surface area contributed by atoms with Crippen molar-refractivity contribution in [3.05, 3.63) is 47.6 Å². The molecular weight excluding hydrogens is 376 g/mol. The molecule has 0 saturated carbocycles. The van der Waals surface area contributed by atoms with Gasteiger partial charge >= 0.3 is 0 Å². The Bertz CT molecular complexity index is 848. The lowest BCUT2D eigenvalue weighted by Crippen LogP contribution is -2.33. The van der Waals surface area contributed by atoms with Crippen molar-refractivity contribution in [1.29, 1.82) is 0 Å². The van der Waals surface area contributed by atoms with Crippen molar-refractivity contribution in [3.63, 3.8) is 0 Å². The highest BCUT2D eigenvalue weighted by Gasteiger charge is 2.37. The number of nitrogens with one attached hydrogen (secondary N) is 1. The summed E-state index contributed by atoms with van der Waals surface area (Å²) in [5.41, 5.74) is 1.38. The zero-order valence-electron chi connectivity index (χ0n) is 15.6. The minimum absolute atomic E-state index is 0.183. The SMILES string of the molecule is O=C(Nc1ccc(N2CCCCC2)nc1)C1CCN(c2ccc(Cl)cc2)C1=O. The lowest BCUT2D eigenvalue weighted by Gasteiger charge is -2.27. The standard InChI is InChI=1S/C21H23ClN4O2/c22-15-4-7-17(8-5-15)26-13-10-18(21(26)28)20(27)24-16-6-9-19(23-14-16)25-11-2-1-3-12-25/h4-9,14,18H,1-3,10-13H2,(H,24,27). The van der Waals surface area contributed by atoms with Gasteiger partial charge in [0.15, 0.2) is 0 Å². The molecule has 2 fully saturated rings. The predicted molar refractivity (Wildman–Crippen MR) is 111 cm³/mol. The number of aromatic nitrogens is 1. The molecule has 6 nitrogen and oxygen atoms in total. The van der Waals surface area contributed by atoms with Gasteiger partial charge in [-0.1, -0.05) is 11.6 Å². The third kappa shape index (κ3) is 3.97. The number of hydrogen-bond donors (Lipinski definition) is 1. The van der Waals surface area contributed by atoms with Crippen molar-refractivity contribution in [1.82, 2.24) is 4.98 Å². The first-order valence-corrected chi connectivity index (χ1v) is 10.1. The van der Waals surface area contributed by atoms with Gasteiger partial charge in [0.05, 0.1) is 11.9 Å².